The van der Waals surface area contributed by atoms with Gasteiger partial charge in [-0.2, -0.15) is 5.10 Å². The zero-order chi connectivity index (χ0) is 26.1. The Morgan fingerprint density at radius 2 is 1.81 bits per heavy atom. The quantitative estimate of drug-likeness (QED) is 0.375. The first-order chi connectivity index (χ1) is 17.3. The van der Waals surface area contributed by atoms with Gasteiger partial charge in [0.05, 0.1) is 31.9 Å². The largest absolute Gasteiger partial charge is 0.496 e. The van der Waals surface area contributed by atoms with Crippen LogP contribution in [0.15, 0.2) is 24.3 Å². The first-order valence-electron chi connectivity index (χ1n) is 13.1. The third-order valence-corrected chi connectivity index (χ3v) is 6.88. The van der Waals surface area contributed by atoms with E-state index in [1.54, 1.807) is 25.0 Å². The van der Waals surface area contributed by atoms with E-state index in [0.717, 1.165) is 30.0 Å². The molecule has 1 aromatic carbocycles. The summed E-state index contributed by atoms with van der Waals surface area (Å²) in [7, 11) is 3.19. The maximum atomic E-state index is 13.3. The Kier molecular flexibility index (Phi) is 10.2. The van der Waals surface area contributed by atoms with Crippen LogP contribution in [0, 0.1) is 11.8 Å². The molecule has 36 heavy (non-hydrogen) atoms. The van der Waals surface area contributed by atoms with E-state index in [9.17, 15) is 14.7 Å². The molecule has 8 heteroatoms. The summed E-state index contributed by atoms with van der Waals surface area (Å²) < 4.78 is 13.0. The lowest BCUT2D eigenvalue weighted by Gasteiger charge is -2.22. The van der Waals surface area contributed by atoms with Crippen LogP contribution in [-0.4, -0.2) is 47.0 Å². The number of aliphatic carboxylic acids is 1. The molecule has 1 aromatic heterocycles. The van der Waals surface area contributed by atoms with Crippen LogP contribution in [0.4, 0.5) is 0 Å². The Morgan fingerprint density at radius 1 is 1.14 bits per heavy atom. The normalized spacial score (nSPS) is 15.0. The summed E-state index contributed by atoms with van der Waals surface area (Å²) in [6, 6.07) is 6.84. The van der Waals surface area contributed by atoms with Crippen molar-refractivity contribution in [1.82, 2.24) is 15.1 Å². The van der Waals surface area contributed by atoms with Gasteiger partial charge in [0.2, 0.25) is 0 Å². The van der Waals surface area contributed by atoms with Crippen LogP contribution in [0.5, 0.6) is 11.5 Å². The lowest BCUT2D eigenvalue weighted by atomic mass is 9.85. The Morgan fingerprint density at radius 3 is 2.39 bits per heavy atom. The molecule has 1 fully saturated rings. The van der Waals surface area contributed by atoms with E-state index < -0.39 is 12.0 Å². The highest BCUT2D eigenvalue weighted by Crippen LogP contribution is 2.39. The van der Waals surface area contributed by atoms with E-state index in [0.29, 0.717) is 30.4 Å². The number of benzene rings is 1. The van der Waals surface area contributed by atoms with Crippen molar-refractivity contribution in [3.63, 3.8) is 0 Å². The first kappa shape index (κ1) is 27.6. The summed E-state index contributed by atoms with van der Waals surface area (Å²) in [5.41, 5.74) is 1.70. The summed E-state index contributed by atoms with van der Waals surface area (Å²) in [5.74, 6) is 0.986. The lowest BCUT2D eigenvalue weighted by molar-refractivity contribution is -0.137. The van der Waals surface area contributed by atoms with Gasteiger partial charge in [-0.25, -0.2) is 0 Å². The van der Waals surface area contributed by atoms with E-state index in [2.05, 4.69) is 24.3 Å². The standard InChI is InChI=1S/C28H41N3O5/c1-19(2)18-31-23(27-24(35-3)14-9-15-25(27)36-4)17-22(30-31)28(34)29-21(16-26(32)33)13-8-12-20-10-6-5-7-11-20/h9,14-15,17,19-21H,5-8,10-13,16,18H2,1-4H3,(H,29,34)(H,32,33)/t21-/m0/s1. The van der Waals surface area contributed by atoms with Crippen LogP contribution in [-0.2, 0) is 11.3 Å². The number of carboxylic acids is 1. The fourth-order valence-electron chi connectivity index (χ4n) is 5.14. The number of hydrogen-bond acceptors (Lipinski definition) is 5. The molecule has 2 N–H and O–H groups in total. The number of carboxylic acid groups (broad SMARTS) is 1. The fourth-order valence-corrected chi connectivity index (χ4v) is 5.14. The molecule has 198 valence electrons. The number of nitrogens with one attached hydrogen (secondary N) is 1. The van der Waals surface area contributed by atoms with Gasteiger partial charge in [-0.05, 0) is 36.5 Å². The SMILES string of the molecule is COc1cccc(OC)c1-c1cc(C(=O)N[C@@H](CCCC2CCCCC2)CC(=O)O)nn1CC(C)C. The molecule has 1 aliphatic carbocycles. The van der Waals surface area contributed by atoms with Crippen LogP contribution in [0.2, 0.25) is 0 Å². The van der Waals surface area contributed by atoms with E-state index in [1.165, 1.54) is 32.1 Å². The highest BCUT2D eigenvalue weighted by Gasteiger charge is 2.24. The highest BCUT2D eigenvalue weighted by molar-refractivity contribution is 5.94. The minimum Gasteiger partial charge on any atom is -0.496 e. The number of carbonyl (C=O) groups is 2. The van der Waals surface area contributed by atoms with Crippen molar-refractivity contribution in [2.24, 2.45) is 11.8 Å². The zero-order valence-corrected chi connectivity index (χ0v) is 22.1. The zero-order valence-electron chi connectivity index (χ0n) is 22.1. The maximum absolute atomic E-state index is 13.3. The molecule has 0 unspecified atom stereocenters. The molecule has 1 saturated carbocycles. The van der Waals surface area contributed by atoms with E-state index in [4.69, 9.17) is 9.47 Å². The second-order valence-electron chi connectivity index (χ2n) is 10.2. The van der Waals surface area contributed by atoms with Crippen molar-refractivity contribution >= 4 is 11.9 Å². The number of amides is 1. The second-order valence-corrected chi connectivity index (χ2v) is 10.2. The third kappa shape index (κ3) is 7.48. The van der Waals surface area contributed by atoms with Gasteiger partial charge in [0.1, 0.15) is 11.5 Å². The van der Waals surface area contributed by atoms with Gasteiger partial charge in [-0.15, -0.1) is 0 Å². The number of aromatic nitrogens is 2. The minimum atomic E-state index is -0.914. The molecular weight excluding hydrogens is 458 g/mol. The van der Waals surface area contributed by atoms with Crippen LogP contribution < -0.4 is 14.8 Å². The summed E-state index contributed by atoms with van der Waals surface area (Å²) in [6.07, 6.45) is 8.97. The van der Waals surface area contributed by atoms with Crippen molar-refractivity contribution in [2.75, 3.05) is 14.2 Å². The molecule has 2 aromatic rings. The van der Waals surface area contributed by atoms with Gasteiger partial charge in [0, 0.05) is 12.6 Å². The fraction of sp³-hybridized carbons (Fsp3) is 0.607. The first-order valence-corrected chi connectivity index (χ1v) is 13.1. The maximum Gasteiger partial charge on any atom is 0.305 e. The van der Waals surface area contributed by atoms with Gasteiger partial charge in [0.15, 0.2) is 5.69 Å². The van der Waals surface area contributed by atoms with Crippen molar-refractivity contribution in [1.29, 1.82) is 0 Å². The Hall–Kier alpha value is -3.03. The van der Waals surface area contributed by atoms with Crippen LogP contribution in [0.3, 0.4) is 0 Å². The highest BCUT2D eigenvalue weighted by atomic mass is 16.5. The average Bonchev–Trinajstić information content (AvgIpc) is 3.26. The Balaban J connectivity index is 1.80. The van der Waals surface area contributed by atoms with Crippen LogP contribution >= 0.6 is 0 Å². The summed E-state index contributed by atoms with van der Waals surface area (Å²) in [6.45, 7) is 4.77. The summed E-state index contributed by atoms with van der Waals surface area (Å²) >= 11 is 0. The topological polar surface area (TPSA) is 103 Å². The van der Waals surface area contributed by atoms with Gasteiger partial charge < -0.3 is 19.9 Å². The van der Waals surface area contributed by atoms with Gasteiger partial charge in [-0.1, -0.05) is 64.9 Å². The third-order valence-electron chi connectivity index (χ3n) is 6.88. The Labute approximate surface area is 214 Å². The van der Waals surface area contributed by atoms with E-state index in [-0.39, 0.29) is 18.0 Å². The lowest BCUT2D eigenvalue weighted by Crippen LogP contribution is -2.37. The van der Waals surface area contributed by atoms with E-state index >= 15 is 0 Å². The van der Waals surface area contributed by atoms with Gasteiger partial charge in [0.25, 0.3) is 5.91 Å². The number of ether oxygens (including phenoxy) is 2. The summed E-state index contributed by atoms with van der Waals surface area (Å²) in [4.78, 5) is 24.7. The molecule has 1 aliphatic rings. The number of nitrogens with zero attached hydrogens (tertiary/aromatic N) is 2. The molecular formula is C28H41N3O5. The average molecular weight is 500 g/mol. The molecule has 1 atom stereocenters. The van der Waals surface area contributed by atoms with Crippen molar-refractivity contribution in [2.45, 2.75) is 84.2 Å². The monoisotopic (exact) mass is 499 g/mol. The minimum absolute atomic E-state index is 0.101. The number of carbonyl (C=O) groups excluding carboxylic acids is 1. The number of rotatable bonds is 13. The van der Waals surface area contributed by atoms with Crippen LogP contribution in [0.1, 0.15) is 82.1 Å². The van der Waals surface area contributed by atoms with Gasteiger partial charge in [-0.3, -0.25) is 14.3 Å². The van der Waals surface area contributed by atoms with Gasteiger partial charge >= 0.3 is 5.97 Å². The second kappa shape index (κ2) is 13.3. The summed E-state index contributed by atoms with van der Waals surface area (Å²) in [5, 5.41) is 17.0. The van der Waals surface area contributed by atoms with Crippen molar-refractivity contribution in [3.05, 3.63) is 30.0 Å². The molecule has 1 heterocycles. The molecule has 0 radical (unpaired) electrons. The molecule has 0 bridgehead atoms. The van der Waals surface area contributed by atoms with Crippen molar-refractivity contribution < 1.29 is 24.2 Å². The number of methoxy groups -OCH3 is 2. The molecule has 1 amide bonds. The molecule has 0 spiro atoms. The predicted molar refractivity (Wildman–Crippen MR) is 140 cm³/mol. The predicted octanol–water partition coefficient (Wildman–Crippen LogP) is 5.55. The van der Waals surface area contributed by atoms with Crippen LogP contribution in [0.25, 0.3) is 11.3 Å². The van der Waals surface area contributed by atoms with E-state index in [1.807, 2.05) is 18.2 Å². The number of hydrogen-bond donors (Lipinski definition) is 2. The molecule has 3 rings (SSSR count). The molecule has 0 saturated heterocycles. The smallest absolute Gasteiger partial charge is 0.305 e. The molecule has 0 aliphatic heterocycles. The molecule has 8 nitrogen and oxygen atoms in total. The Bertz CT molecular complexity index is 988. The van der Waals surface area contributed by atoms with Crippen molar-refractivity contribution in [3.8, 4) is 22.8 Å².